The zero-order valence-corrected chi connectivity index (χ0v) is 13.8. The number of aromatic nitrogens is 4. The Morgan fingerprint density at radius 3 is 2.56 bits per heavy atom. The van der Waals surface area contributed by atoms with Gasteiger partial charge in [0.05, 0.1) is 5.69 Å². The van der Waals surface area contributed by atoms with Gasteiger partial charge in [0.1, 0.15) is 0 Å². The van der Waals surface area contributed by atoms with Crippen LogP contribution < -0.4 is 16.0 Å². The average Bonchev–Trinajstić information content (AvgIpc) is 3.10. The van der Waals surface area contributed by atoms with Crippen LogP contribution in [0.15, 0.2) is 54.6 Å². The van der Waals surface area contributed by atoms with Crippen LogP contribution in [0.4, 0.5) is 16.4 Å². The molecule has 2 aromatic carbocycles. The minimum atomic E-state index is -0.256. The smallest absolute Gasteiger partial charge is 0.319 e. The number of aryl methyl sites for hydroxylation is 1. The molecule has 25 heavy (non-hydrogen) atoms. The molecular formula is C17H19N7O. The molecule has 1 aromatic heterocycles. The number of para-hydroxylation sites is 1. The molecule has 0 radical (unpaired) electrons. The lowest BCUT2D eigenvalue weighted by molar-refractivity contribution is 0.252. The van der Waals surface area contributed by atoms with Crippen molar-refractivity contribution in [2.45, 2.75) is 6.92 Å². The van der Waals surface area contributed by atoms with Crippen LogP contribution in [0.2, 0.25) is 0 Å². The summed E-state index contributed by atoms with van der Waals surface area (Å²) in [5.74, 6) is 0.520. The summed E-state index contributed by atoms with van der Waals surface area (Å²) in [5.41, 5.74) is 2.76. The minimum absolute atomic E-state index is 0.256. The van der Waals surface area contributed by atoms with Gasteiger partial charge < -0.3 is 16.0 Å². The number of urea groups is 1. The van der Waals surface area contributed by atoms with Crippen molar-refractivity contribution < 1.29 is 4.79 Å². The summed E-state index contributed by atoms with van der Waals surface area (Å²) in [6, 6.07) is 16.9. The molecule has 3 rings (SSSR count). The maximum Gasteiger partial charge on any atom is 0.319 e. The van der Waals surface area contributed by atoms with Gasteiger partial charge in [0.2, 0.25) is 5.95 Å². The highest BCUT2D eigenvalue weighted by Crippen LogP contribution is 2.10. The van der Waals surface area contributed by atoms with E-state index >= 15 is 0 Å². The number of hydrogen-bond acceptors (Lipinski definition) is 5. The second-order valence-corrected chi connectivity index (χ2v) is 5.42. The largest absolute Gasteiger partial charge is 0.351 e. The molecule has 0 atom stereocenters. The van der Waals surface area contributed by atoms with E-state index in [0.29, 0.717) is 19.0 Å². The number of nitrogens with one attached hydrogen (secondary N) is 3. The molecule has 0 spiro atoms. The predicted molar refractivity (Wildman–Crippen MR) is 95.8 cm³/mol. The van der Waals surface area contributed by atoms with Crippen molar-refractivity contribution in [1.82, 2.24) is 25.5 Å². The van der Waals surface area contributed by atoms with Gasteiger partial charge >= 0.3 is 6.03 Å². The van der Waals surface area contributed by atoms with Crippen LogP contribution in [-0.2, 0) is 0 Å². The van der Waals surface area contributed by atoms with Gasteiger partial charge in [0, 0.05) is 18.8 Å². The van der Waals surface area contributed by atoms with Crippen molar-refractivity contribution in [3.8, 4) is 5.69 Å². The summed E-state index contributed by atoms with van der Waals surface area (Å²) >= 11 is 0. The zero-order valence-electron chi connectivity index (χ0n) is 13.8. The van der Waals surface area contributed by atoms with E-state index in [1.165, 1.54) is 0 Å². The van der Waals surface area contributed by atoms with Gasteiger partial charge in [0.25, 0.3) is 0 Å². The second-order valence-electron chi connectivity index (χ2n) is 5.42. The van der Waals surface area contributed by atoms with Crippen molar-refractivity contribution in [1.29, 1.82) is 0 Å². The first-order valence-electron chi connectivity index (χ1n) is 7.91. The first-order valence-corrected chi connectivity index (χ1v) is 7.91. The third-order valence-corrected chi connectivity index (χ3v) is 3.47. The maximum absolute atomic E-state index is 11.9. The molecule has 0 aliphatic carbocycles. The van der Waals surface area contributed by atoms with Crippen molar-refractivity contribution in [3.05, 3.63) is 60.2 Å². The fourth-order valence-electron chi connectivity index (χ4n) is 2.20. The van der Waals surface area contributed by atoms with E-state index in [9.17, 15) is 4.79 Å². The molecule has 2 amide bonds. The highest BCUT2D eigenvalue weighted by atomic mass is 16.2. The lowest BCUT2D eigenvalue weighted by Gasteiger charge is -2.09. The van der Waals surface area contributed by atoms with Crippen LogP contribution >= 0.6 is 0 Å². The molecule has 0 saturated heterocycles. The fraction of sp³-hybridized carbons (Fsp3) is 0.176. The summed E-state index contributed by atoms with van der Waals surface area (Å²) < 4.78 is 1.60. The van der Waals surface area contributed by atoms with Gasteiger partial charge in [-0.2, -0.15) is 4.68 Å². The van der Waals surface area contributed by atoms with Crippen molar-refractivity contribution in [2.75, 3.05) is 23.7 Å². The Morgan fingerprint density at radius 1 is 1.04 bits per heavy atom. The van der Waals surface area contributed by atoms with Gasteiger partial charge in [-0.15, -0.1) is 0 Å². The first-order chi connectivity index (χ1) is 12.2. The molecule has 0 aliphatic heterocycles. The van der Waals surface area contributed by atoms with Crippen LogP contribution in [0, 0.1) is 6.92 Å². The Hall–Kier alpha value is -3.42. The fourth-order valence-corrected chi connectivity index (χ4v) is 2.20. The summed E-state index contributed by atoms with van der Waals surface area (Å²) in [4.78, 5) is 11.9. The number of anilines is 2. The Labute approximate surface area is 145 Å². The predicted octanol–water partition coefficient (Wildman–Crippen LogP) is 2.20. The summed E-state index contributed by atoms with van der Waals surface area (Å²) in [7, 11) is 0. The van der Waals surface area contributed by atoms with Crippen LogP contribution in [0.25, 0.3) is 5.69 Å². The van der Waals surface area contributed by atoms with E-state index in [2.05, 4.69) is 31.5 Å². The van der Waals surface area contributed by atoms with Crippen LogP contribution in [0.3, 0.4) is 0 Å². The molecule has 0 saturated carbocycles. The molecule has 8 nitrogen and oxygen atoms in total. The normalized spacial score (nSPS) is 10.3. The lowest BCUT2D eigenvalue weighted by Crippen LogP contribution is -2.32. The highest BCUT2D eigenvalue weighted by molar-refractivity contribution is 5.89. The summed E-state index contributed by atoms with van der Waals surface area (Å²) in [6.45, 7) is 2.92. The number of amides is 2. The minimum Gasteiger partial charge on any atom is -0.351 e. The zero-order chi connectivity index (χ0) is 17.5. The Kier molecular flexibility index (Phi) is 5.20. The van der Waals surface area contributed by atoms with E-state index in [-0.39, 0.29) is 6.03 Å². The second kappa shape index (κ2) is 7.91. The van der Waals surface area contributed by atoms with Crippen molar-refractivity contribution in [3.63, 3.8) is 0 Å². The topological polar surface area (TPSA) is 96.8 Å². The van der Waals surface area contributed by atoms with Crippen LogP contribution in [0.5, 0.6) is 0 Å². The van der Waals surface area contributed by atoms with E-state index < -0.39 is 0 Å². The molecule has 1 heterocycles. The van der Waals surface area contributed by atoms with Gasteiger partial charge in [-0.05, 0) is 41.6 Å². The molecule has 0 aliphatic rings. The lowest BCUT2D eigenvalue weighted by atomic mass is 10.2. The molecule has 0 bridgehead atoms. The quantitative estimate of drug-likeness (QED) is 0.599. The van der Waals surface area contributed by atoms with Crippen molar-refractivity contribution >= 4 is 17.7 Å². The third-order valence-electron chi connectivity index (χ3n) is 3.47. The molecule has 128 valence electrons. The van der Waals surface area contributed by atoms with Crippen LogP contribution in [-0.4, -0.2) is 39.3 Å². The van der Waals surface area contributed by atoms with Crippen LogP contribution in [0.1, 0.15) is 5.56 Å². The maximum atomic E-state index is 11.9. The van der Waals surface area contributed by atoms with Gasteiger partial charge in [-0.3, -0.25) is 0 Å². The van der Waals surface area contributed by atoms with E-state index in [4.69, 9.17) is 0 Å². The monoisotopic (exact) mass is 337 g/mol. The molecular weight excluding hydrogens is 318 g/mol. The SMILES string of the molecule is Cc1ccc(NC(=O)NCCNc2nnnn2-c2ccccc2)cc1. The number of carbonyl (C=O) groups is 1. The number of benzene rings is 2. The first kappa shape index (κ1) is 16.4. The number of tetrazole rings is 1. The molecule has 0 fully saturated rings. The molecule has 3 aromatic rings. The number of hydrogen-bond donors (Lipinski definition) is 3. The summed E-state index contributed by atoms with van der Waals surface area (Å²) in [6.07, 6.45) is 0. The van der Waals surface area contributed by atoms with Gasteiger partial charge in [0.15, 0.2) is 0 Å². The third kappa shape index (κ3) is 4.54. The summed E-state index contributed by atoms with van der Waals surface area (Å²) in [5, 5.41) is 20.2. The Bertz CT molecular complexity index is 815. The Balaban J connectivity index is 1.45. The molecule has 3 N–H and O–H groups in total. The molecule has 0 unspecified atom stereocenters. The number of nitrogens with zero attached hydrogens (tertiary/aromatic N) is 4. The van der Waals surface area contributed by atoms with Gasteiger partial charge in [-0.1, -0.05) is 41.0 Å². The van der Waals surface area contributed by atoms with E-state index in [1.54, 1.807) is 4.68 Å². The highest BCUT2D eigenvalue weighted by Gasteiger charge is 2.07. The Morgan fingerprint density at radius 2 is 1.80 bits per heavy atom. The number of carbonyl (C=O) groups excluding carboxylic acids is 1. The standard InChI is InChI=1S/C17H19N7O/c1-13-7-9-14(10-8-13)20-17(25)19-12-11-18-16-21-22-23-24(16)15-5-3-2-4-6-15/h2-10H,11-12H2,1H3,(H,18,21,23)(H2,19,20,25). The van der Waals surface area contributed by atoms with Crippen molar-refractivity contribution in [2.24, 2.45) is 0 Å². The van der Waals surface area contributed by atoms with E-state index in [1.807, 2.05) is 61.5 Å². The molecule has 8 heteroatoms. The number of rotatable bonds is 6. The van der Waals surface area contributed by atoms with Gasteiger partial charge in [-0.25, -0.2) is 4.79 Å². The van der Waals surface area contributed by atoms with E-state index in [0.717, 1.165) is 16.9 Å². The average molecular weight is 337 g/mol.